The molecule has 0 amide bonds. The minimum Gasteiger partial charge on any atom is -0.493 e. The molecule has 3 aromatic rings. The van der Waals surface area contributed by atoms with Crippen molar-refractivity contribution in [2.45, 2.75) is 19.8 Å². The summed E-state index contributed by atoms with van der Waals surface area (Å²) in [4.78, 5) is 22.3. The maximum Gasteiger partial charge on any atom is 0.308 e. The third-order valence-corrected chi connectivity index (χ3v) is 5.16. The second-order valence-corrected chi connectivity index (χ2v) is 7.80. The Labute approximate surface area is 197 Å². The molecule has 0 aliphatic rings. The molecule has 0 atom stereocenters. The summed E-state index contributed by atoms with van der Waals surface area (Å²) in [7, 11) is 6.69. The van der Waals surface area contributed by atoms with Gasteiger partial charge in [-0.15, -0.1) is 0 Å². The molecule has 0 aliphatic carbocycles. The number of esters is 1. The number of methoxy groups -OCH3 is 3. The van der Waals surface area contributed by atoms with Crippen LogP contribution < -0.4 is 14.8 Å². The Hall–Kier alpha value is -2.98. The zero-order valence-corrected chi connectivity index (χ0v) is 20.0. The highest BCUT2D eigenvalue weighted by Crippen LogP contribution is 2.35. The van der Waals surface area contributed by atoms with Gasteiger partial charge in [0.25, 0.3) is 0 Å². The standard InChI is InChI=1S/C23H27ClN4O5/c1-14(29)33-21-9-17-19(10-20(21)30-3)25-13-26-23(17)27-18-8-16(24)7-6-15(18)11-28(2)12-22(31-4)32-5/h6-10,13,22H,11-12H2,1-5H3,(H,25,26,27). The highest BCUT2D eigenvalue weighted by atomic mass is 35.5. The normalized spacial score (nSPS) is 11.3. The van der Waals surface area contributed by atoms with E-state index in [1.165, 1.54) is 20.4 Å². The minimum absolute atomic E-state index is 0.284. The molecule has 10 heteroatoms. The van der Waals surface area contributed by atoms with Gasteiger partial charge in [-0.05, 0) is 30.8 Å². The number of ether oxygens (including phenoxy) is 4. The first-order valence-corrected chi connectivity index (χ1v) is 10.5. The Balaban J connectivity index is 1.96. The Morgan fingerprint density at radius 2 is 1.88 bits per heavy atom. The van der Waals surface area contributed by atoms with E-state index in [0.717, 1.165) is 11.3 Å². The smallest absolute Gasteiger partial charge is 0.308 e. The van der Waals surface area contributed by atoms with Gasteiger partial charge in [0.15, 0.2) is 17.8 Å². The van der Waals surface area contributed by atoms with Crippen molar-refractivity contribution >= 4 is 40.0 Å². The lowest BCUT2D eigenvalue weighted by Gasteiger charge is -2.23. The highest BCUT2D eigenvalue weighted by Gasteiger charge is 2.16. The number of hydrogen-bond acceptors (Lipinski definition) is 9. The van der Waals surface area contributed by atoms with Crippen molar-refractivity contribution < 1.29 is 23.7 Å². The number of nitrogens with one attached hydrogen (secondary N) is 1. The molecule has 0 unspecified atom stereocenters. The van der Waals surface area contributed by atoms with Gasteiger partial charge in [-0.2, -0.15) is 0 Å². The third-order valence-electron chi connectivity index (χ3n) is 4.93. The lowest BCUT2D eigenvalue weighted by molar-refractivity contribution is -0.132. The van der Waals surface area contributed by atoms with Crippen LogP contribution in [0.1, 0.15) is 12.5 Å². The Bertz CT molecular complexity index is 1120. The van der Waals surface area contributed by atoms with Crippen LogP contribution in [-0.2, 0) is 20.8 Å². The summed E-state index contributed by atoms with van der Waals surface area (Å²) in [5, 5.41) is 4.59. The topological polar surface area (TPSA) is 95.0 Å². The zero-order chi connectivity index (χ0) is 24.0. The molecule has 0 saturated heterocycles. The number of hydrogen-bond donors (Lipinski definition) is 1. The minimum atomic E-state index is -0.454. The van der Waals surface area contributed by atoms with E-state index in [4.69, 9.17) is 30.5 Å². The molecule has 0 fully saturated rings. The van der Waals surface area contributed by atoms with Gasteiger partial charge in [0.2, 0.25) is 0 Å². The van der Waals surface area contributed by atoms with Crippen molar-refractivity contribution in [3.63, 3.8) is 0 Å². The van der Waals surface area contributed by atoms with E-state index in [1.807, 2.05) is 25.2 Å². The predicted molar refractivity (Wildman–Crippen MR) is 126 cm³/mol. The lowest BCUT2D eigenvalue weighted by Crippen LogP contribution is -2.31. The number of benzene rings is 2. The van der Waals surface area contributed by atoms with Gasteiger partial charge in [0.1, 0.15) is 12.1 Å². The summed E-state index contributed by atoms with van der Waals surface area (Å²) in [6, 6.07) is 8.99. The molecule has 9 nitrogen and oxygen atoms in total. The molecule has 176 valence electrons. The largest absolute Gasteiger partial charge is 0.493 e. The molecule has 0 aliphatic heterocycles. The summed E-state index contributed by atoms with van der Waals surface area (Å²) >= 11 is 6.29. The number of anilines is 2. The van der Waals surface area contributed by atoms with Gasteiger partial charge in [0.05, 0.1) is 12.6 Å². The van der Waals surface area contributed by atoms with Gasteiger partial charge in [-0.1, -0.05) is 17.7 Å². The van der Waals surface area contributed by atoms with E-state index in [1.54, 1.807) is 26.4 Å². The van der Waals surface area contributed by atoms with Crippen molar-refractivity contribution in [2.75, 3.05) is 40.2 Å². The van der Waals surface area contributed by atoms with Gasteiger partial charge in [-0.3, -0.25) is 9.69 Å². The van der Waals surface area contributed by atoms with Crippen LogP contribution in [0.4, 0.5) is 11.5 Å². The molecule has 2 aromatic carbocycles. The van der Waals surface area contributed by atoms with Crippen LogP contribution in [0.5, 0.6) is 11.5 Å². The number of fused-ring (bicyclic) bond motifs is 1. The van der Waals surface area contributed by atoms with Gasteiger partial charge >= 0.3 is 5.97 Å². The van der Waals surface area contributed by atoms with E-state index in [-0.39, 0.29) is 12.0 Å². The van der Waals surface area contributed by atoms with E-state index >= 15 is 0 Å². The lowest BCUT2D eigenvalue weighted by atomic mass is 10.1. The van der Waals surface area contributed by atoms with Crippen LogP contribution >= 0.6 is 11.6 Å². The van der Waals surface area contributed by atoms with Crippen LogP contribution in [0.15, 0.2) is 36.7 Å². The maximum absolute atomic E-state index is 11.5. The molecule has 0 bridgehead atoms. The van der Waals surface area contributed by atoms with Crippen molar-refractivity contribution in [2.24, 2.45) is 0 Å². The van der Waals surface area contributed by atoms with Gasteiger partial charge in [0, 0.05) is 56.4 Å². The van der Waals surface area contributed by atoms with Crippen molar-refractivity contribution in [3.05, 3.63) is 47.2 Å². The molecule has 1 aromatic heterocycles. The molecule has 0 saturated carbocycles. The average molecular weight is 475 g/mol. The van der Waals surface area contributed by atoms with E-state index in [2.05, 4.69) is 20.2 Å². The fourth-order valence-electron chi connectivity index (χ4n) is 3.34. The van der Waals surface area contributed by atoms with Crippen LogP contribution in [0, 0.1) is 0 Å². The highest BCUT2D eigenvalue weighted by molar-refractivity contribution is 6.30. The van der Waals surface area contributed by atoms with Crippen molar-refractivity contribution in [3.8, 4) is 11.5 Å². The summed E-state index contributed by atoms with van der Waals surface area (Å²) in [5.74, 6) is 0.767. The molecular formula is C23H27ClN4O5. The van der Waals surface area contributed by atoms with E-state index < -0.39 is 5.97 Å². The summed E-state index contributed by atoms with van der Waals surface area (Å²) < 4.78 is 21.2. The molecule has 33 heavy (non-hydrogen) atoms. The number of aromatic nitrogens is 2. The SMILES string of the molecule is COc1cc2ncnc(Nc3cc(Cl)ccc3CN(C)CC(OC)OC)c2cc1OC(C)=O. The second-order valence-electron chi connectivity index (χ2n) is 7.36. The van der Waals surface area contributed by atoms with Crippen LogP contribution in [0.2, 0.25) is 5.02 Å². The third kappa shape index (κ3) is 6.29. The maximum atomic E-state index is 11.5. The van der Waals surface area contributed by atoms with E-state index in [9.17, 15) is 4.79 Å². The summed E-state index contributed by atoms with van der Waals surface area (Å²) in [5.41, 5.74) is 2.41. The fourth-order valence-corrected chi connectivity index (χ4v) is 3.52. The second kappa shape index (κ2) is 11.2. The Morgan fingerprint density at radius 3 is 2.55 bits per heavy atom. The number of carbonyl (C=O) groups is 1. The van der Waals surface area contributed by atoms with Gasteiger partial charge in [-0.25, -0.2) is 9.97 Å². The molecule has 3 rings (SSSR count). The van der Waals surface area contributed by atoms with Crippen molar-refractivity contribution in [1.29, 1.82) is 0 Å². The number of nitrogens with zero attached hydrogens (tertiary/aromatic N) is 3. The van der Waals surface area contributed by atoms with E-state index in [0.29, 0.717) is 40.6 Å². The predicted octanol–water partition coefficient (Wildman–Crippen LogP) is 4.01. The Morgan fingerprint density at radius 1 is 1.12 bits per heavy atom. The molecule has 1 heterocycles. The quantitative estimate of drug-likeness (QED) is 0.265. The number of halogens is 1. The molecule has 0 spiro atoms. The van der Waals surface area contributed by atoms with Crippen LogP contribution in [0.3, 0.4) is 0 Å². The average Bonchev–Trinajstić information content (AvgIpc) is 2.78. The van der Waals surface area contributed by atoms with Gasteiger partial charge < -0.3 is 24.3 Å². The molecule has 0 radical (unpaired) electrons. The first-order chi connectivity index (χ1) is 15.8. The summed E-state index contributed by atoms with van der Waals surface area (Å²) in [6.07, 6.45) is 1.12. The number of rotatable bonds is 10. The number of carbonyl (C=O) groups excluding carboxylic acids is 1. The van der Waals surface area contributed by atoms with Crippen LogP contribution in [0.25, 0.3) is 10.9 Å². The Kier molecular flexibility index (Phi) is 8.40. The number of likely N-dealkylation sites (N-methyl/N-ethyl adjacent to an activating group) is 1. The fraction of sp³-hybridized carbons (Fsp3) is 0.348. The monoisotopic (exact) mass is 474 g/mol. The summed E-state index contributed by atoms with van der Waals surface area (Å²) in [6.45, 7) is 2.52. The first-order valence-electron chi connectivity index (χ1n) is 10.1. The molecule has 1 N–H and O–H groups in total. The molecular weight excluding hydrogens is 448 g/mol. The zero-order valence-electron chi connectivity index (χ0n) is 19.2. The van der Waals surface area contributed by atoms with Crippen molar-refractivity contribution in [1.82, 2.24) is 14.9 Å². The van der Waals surface area contributed by atoms with Crippen LogP contribution in [-0.4, -0.2) is 62.0 Å². The first kappa shape index (κ1) is 24.7.